The number of hydrogen-bond acceptors (Lipinski definition) is 4. The Kier molecular flexibility index (Phi) is 3.50. The summed E-state index contributed by atoms with van der Waals surface area (Å²) in [6.45, 7) is 0.185. The summed E-state index contributed by atoms with van der Waals surface area (Å²) in [5.41, 5.74) is 0.698. The lowest BCUT2D eigenvalue weighted by Crippen LogP contribution is -2.11. The minimum Gasteiger partial charge on any atom is -0.490 e. The predicted molar refractivity (Wildman–Crippen MR) is 72.1 cm³/mol. The number of rotatable bonds is 4. The number of hydrogen-bond donors (Lipinski definition) is 1. The van der Waals surface area contributed by atoms with Gasteiger partial charge in [0, 0.05) is 17.7 Å². The average Bonchev–Trinajstić information content (AvgIpc) is 3.06. The molecule has 0 bridgehead atoms. The zero-order valence-electron chi connectivity index (χ0n) is 11.0. The van der Waals surface area contributed by atoms with Crippen molar-refractivity contribution >= 4 is 12.0 Å². The lowest BCUT2D eigenvalue weighted by atomic mass is 10.1. The third kappa shape index (κ3) is 2.71. The summed E-state index contributed by atoms with van der Waals surface area (Å²) in [6, 6.07) is 3.54. The van der Waals surface area contributed by atoms with Crippen LogP contribution in [0.15, 0.2) is 18.2 Å². The van der Waals surface area contributed by atoms with Crippen molar-refractivity contribution in [1.82, 2.24) is 0 Å². The number of fused-ring (bicyclic) bond motifs is 1. The second-order valence-corrected chi connectivity index (χ2v) is 4.94. The first-order chi connectivity index (χ1) is 9.72. The zero-order chi connectivity index (χ0) is 13.9. The van der Waals surface area contributed by atoms with Crippen LogP contribution in [0.25, 0.3) is 6.08 Å². The topological polar surface area (TPSA) is 65.0 Å². The number of carboxylic acids is 1. The molecule has 1 heterocycles. The van der Waals surface area contributed by atoms with Crippen LogP contribution >= 0.6 is 0 Å². The highest BCUT2D eigenvalue weighted by Crippen LogP contribution is 2.40. The van der Waals surface area contributed by atoms with Crippen LogP contribution in [-0.2, 0) is 4.79 Å². The van der Waals surface area contributed by atoms with Crippen molar-refractivity contribution in [1.29, 1.82) is 0 Å². The van der Waals surface area contributed by atoms with Gasteiger partial charge >= 0.3 is 5.97 Å². The fraction of sp³-hybridized carbons (Fsp3) is 0.400. The lowest BCUT2D eigenvalue weighted by Gasteiger charge is -2.15. The molecule has 1 N–H and O–H groups in total. The van der Waals surface area contributed by atoms with Crippen LogP contribution in [0.4, 0.5) is 0 Å². The lowest BCUT2D eigenvalue weighted by molar-refractivity contribution is -0.131. The number of aliphatic carboxylic acids is 1. The predicted octanol–water partition coefficient (Wildman–Crippen LogP) is 2.83. The zero-order valence-corrected chi connectivity index (χ0v) is 11.0. The summed E-state index contributed by atoms with van der Waals surface area (Å²) < 4.78 is 16.6. The highest BCUT2D eigenvalue weighted by molar-refractivity contribution is 5.86. The van der Waals surface area contributed by atoms with E-state index in [2.05, 4.69) is 0 Å². The van der Waals surface area contributed by atoms with Crippen molar-refractivity contribution < 1.29 is 24.1 Å². The van der Waals surface area contributed by atoms with E-state index in [0.29, 0.717) is 22.8 Å². The fourth-order valence-corrected chi connectivity index (χ4v) is 2.52. The minimum atomic E-state index is -0.991. The number of carboxylic acid groups (broad SMARTS) is 1. The van der Waals surface area contributed by atoms with Gasteiger partial charge in [-0.15, -0.1) is 0 Å². The van der Waals surface area contributed by atoms with Crippen LogP contribution in [-0.4, -0.2) is 24.0 Å². The Bertz CT molecular complexity index is 543. The first kappa shape index (κ1) is 12.8. The molecule has 0 saturated heterocycles. The van der Waals surface area contributed by atoms with Gasteiger partial charge in [0.25, 0.3) is 0 Å². The molecule has 0 spiro atoms. The molecule has 0 unspecified atom stereocenters. The molecule has 1 aliphatic carbocycles. The van der Waals surface area contributed by atoms with E-state index in [1.54, 1.807) is 12.1 Å². The standard InChI is InChI=1S/C15H16O5/c16-15(17)6-5-10-7-13-14(19-9-18-13)8-12(10)20-11-3-1-2-4-11/h5-8,11H,1-4,9H2,(H,16,17). The molecule has 1 saturated carbocycles. The van der Waals surface area contributed by atoms with Crippen molar-refractivity contribution in [2.45, 2.75) is 31.8 Å². The highest BCUT2D eigenvalue weighted by Gasteiger charge is 2.21. The average molecular weight is 276 g/mol. The SMILES string of the molecule is O=C(O)C=Cc1cc2c(cc1OC1CCCC1)OCO2. The summed E-state index contributed by atoms with van der Waals surface area (Å²) in [5, 5.41) is 8.76. The van der Waals surface area contributed by atoms with Gasteiger partial charge < -0.3 is 19.3 Å². The maximum atomic E-state index is 10.7. The van der Waals surface area contributed by atoms with Gasteiger partial charge in [0.05, 0.1) is 6.10 Å². The van der Waals surface area contributed by atoms with Gasteiger partial charge in [-0.1, -0.05) is 0 Å². The Morgan fingerprint density at radius 3 is 2.65 bits per heavy atom. The van der Waals surface area contributed by atoms with Gasteiger partial charge in [-0.2, -0.15) is 0 Å². The first-order valence-electron chi connectivity index (χ1n) is 6.74. The largest absolute Gasteiger partial charge is 0.490 e. The van der Waals surface area contributed by atoms with Gasteiger partial charge in [0.15, 0.2) is 11.5 Å². The van der Waals surface area contributed by atoms with Gasteiger partial charge in [-0.05, 0) is 37.8 Å². The molecule has 0 atom stereocenters. The molecule has 2 aliphatic rings. The van der Waals surface area contributed by atoms with Crippen LogP contribution in [0.3, 0.4) is 0 Å². The summed E-state index contributed by atoms with van der Waals surface area (Å²) >= 11 is 0. The number of ether oxygens (including phenoxy) is 3. The molecule has 3 rings (SSSR count). The Morgan fingerprint density at radius 2 is 1.95 bits per heavy atom. The van der Waals surface area contributed by atoms with Crippen LogP contribution in [0.1, 0.15) is 31.2 Å². The van der Waals surface area contributed by atoms with Crippen LogP contribution in [0, 0.1) is 0 Å². The molecule has 106 valence electrons. The molecule has 1 aromatic carbocycles. The minimum absolute atomic E-state index is 0.185. The van der Waals surface area contributed by atoms with E-state index >= 15 is 0 Å². The molecule has 1 fully saturated rings. The van der Waals surface area contributed by atoms with Gasteiger partial charge in [0.1, 0.15) is 5.75 Å². The van der Waals surface area contributed by atoms with E-state index in [1.807, 2.05) is 0 Å². The second kappa shape index (κ2) is 5.45. The molecular weight excluding hydrogens is 260 g/mol. The van der Waals surface area contributed by atoms with Gasteiger partial charge in [-0.3, -0.25) is 0 Å². The van der Waals surface area contributed by atoms with Crippen molar-refractivity contribution in [3.63, 3.8) is 0 Å². The summed E-state index contributed by atoms with van der Waals surface area (Å²) in [4.78, 5) is 10.7. The highest BCUT2D eigenvalue weighted by atomic mass is 16.7. The van der Waals surface area contributed by atoms with E-state index in [0.717, 1.165) is 18.9 Å². The van der Waals surface area contributed by atoms with Crippen LogP contribution < -0.4 is 14.2 Å². The van der Waals surface area contributed by atoms with E-state index in [-0.39, 0.29) is 12.9 Å². The van der Waals surface area contributed by atoms with E-state index in [4.69, 9.17) is 19.3 Å². The van der Waals surface area contributed by atoms with E-state index in [9.17, 15) is 4.79 Å². The molecule has 20 heavy (non-hydrogen) atoms. The first-order valence-corrected chi connectivity index (χ1v) is 6.74. The van der Waals surface area contributed by atoms with Crippen molar-refractivity contribution in [3.05, 3.63) is 23.8 Å². The molecule has 0 radical (unpaired) electrons. The van der Waals surface area contributed by atoms with Crippen molar-refractivity contribution in [3.8, 4) is 17.2 Å². The van der Waals surface area contributed by atoms with Crippen molar-refractivity contribution in [2.75, 3.05) is 6.79 Å². The summed E-state index contributed by atoms with van der Waals surface area (Å²) in [7, 11) is 0. The van der Waals surface area contributed by atoms with E-state index in [1.165, 1.54) is 18.9 Å². The summed E-state index contributed by atoms with van der Waals surface area (Å²) in [5.74, 6) is 0.924. The third-order valence-corrected chi connectivity index (χ3v) is 3.51. The molecular formula is C15H16O5. The summed E-state index contributed by atoms with van der Waals surface area (Å²) in [6.07, 6.45) is 7.25. The maximum Gasteiger partial charge on any atom is 0.328 e. The Labute approximate surface area is 116 Å². The number of carbonyl (C=O) groups is 1. The molecule has 0 aromatic heterocycles. The second-order valence-electron chi connectivity index (χ2n) is 4.94. The monoisotopic (exact) mass is 276 g/mol. The van der Waals surface area contributed by atoms with Gasteiger partial charge in [0.2, 0.25) is 6.79 Å². The Hall–Kier alpha value is -2.17. The molecule has 1 aliphatic heterocycles. The van der Waals surface area contributed by atoms with Crippen LogP contribution in [0.5, 0.6) is 17.2 Å². The fourth-order valence-electron chi connectivity index (χ4n) is 2.52. The molecule has 5 heteroatoms. The molecule has 1 aromatic rings. The van der Waals surface area contributed by atoms with Crippen molar-refractivity contribution in [2.24, 2.45) is 0 Å². The van der Waals surface area contributed by atoms with Gasteiger partial charge in [-0.25, -0.2) is 4.79 Å². The number of benzene rings is 1. The third-order valence-electron chi connectivity index (χ3n) is 3.51. The normalized spacial score (nSPS) is 17.8. The smallest absolute Gasteiger partial charge is 0.328 e. The maximum absolute atomic E-state index is 10.7. The quantitative estimate of drug-likeness (QED) is 0.857. The van der Waals surface area contributed by atoms with E-state index < -0.39 is 5.97 Å². The molecule has 0 amide bonds. The van der Waals surface area contributed by atoms with Crippen LogP contribution in [0.2, 0.25) is 0 Å². The Morgan fingerprint density at radius 1 is 1.25 bits per heavy atom. The molecule has 5 nitrogen and oxygen atoms in total. The Balaban J connectivity index is 1.90.